The van der Waals surface area contributed by atoms with Gasteiger partial charge in [0.15, 0.2) is 0 Å². The van der Waals surface area contributed by atoms with Gasteiger partial charge in [-0.3, -0.25) is 0 Å². The van der Waals surface area contributed by atoms with Crippen LogP contribution in [-0.2, 0) is 0 Å². The van der Waals surface area contributed by atoms with Crippen LogP contribution in [0.3, 0.4) is 0 Å². The lowest BCUT2D eigenvalue weighted by atomic mass is 10.0. The van der Waals surface area contributed by atoms with Gasteiger partial charge in [-0.15, -0.1) is 0 Å². The van der Waals surface area contributed by atoms with Crippen LogP contribution in [0.15, 0.2) is 18.2 Å². The van der Waals surface area contributed by atoms with Crippen LogP contribution in [0.4, 0.5) is 0 Å². The van der Waals surface area contributed by atoms with Crippen molar-refractivity contribution in [1.82, 2.24) is 5.32 Å². The molecule has 2 N–H and O–H groups in total. The van der Waals surface area contributed by atoms with Crippen LogP contribution in [0, 0.1) is 6.92 Å². The summed E-state index contributed by atoms with van der Waals surface area (Å²) in [6.07, 6.45) is 1.81. The van der Waals surface area contributed by atoms with Crippen LogP contribution < -0.4 is 10.1 Å². The van der Waals surface area contributed by atoms with Gasteiger partial charge in [0.2, 0.25) is 0 Å². The first-order valence-electron chi connectivity index (χ1n) is 7.66. The molecule has 3 nitrogen and oxygen atoms in total. The minimum atomic E-state index is 0.190. The zero-order chi connectivity index (χ0) is 15.0. The van der Waals surface area contributed by atoms with Crippen molar-refractivity contribution in [3.8, 4) is 5.75 Å². The van der Waals surface area contributed by atoms with Gasteiger partial charge >= 0.3 is 0 Å². The van der Waals surface area contributed by atoms with Gasteiger partial charge in [-0.2, -0.15) is 0 Å². The second kappa shape index (κ2) is 8.98. The quantitative estimate of drug-likeness (QED) is 0.729. The molecule has 114 valence electrons. The number of aliphatic hydroxyl groups excluding tert-OH is 1. The van der Waals surface area contributed by atoms with Gasteiger partial charge in [0.25, 0.3) is 0 Å². The molecule has 1 atom stereocenters. The molecule has 1 aromatic rings. The number of nitrogens with one attached hydrogen (secondary N) is 1. The van der Waals surface area contributed by atoms with E-state index in [4.69, 9.17) is 9.84 Å². The highest BCUT2D eigenvalue weighted by Gasteiger charge is 2.10. The molecule has 0 aliphatic rings. The fraction of sp³-hybridized carbons (Fsp3) is 0.647. The first-order chi connectivity index (χ1) is 9.58. The minimum absolute atomic E-state index is 0.190. The van der Waals surface area contributed by atoms with Crippen LogP contribution in [-0.4, -0.2) is 30.9 Å². The van der Waals surface area contributed by atoms with E-state index in [1.807, 2.05) is 0 Å². The zero-order valence-electron chi connectivity index (χ0n) is 13.3. The summed E-state index contributed by atoms with van der Waals surface area (Å²) in [4.78, 5) is 0. The standard InChI is InChI=1S/C17H29NO2/c1-5-9-18-16(8-10-19)12-20-17-11-15(13(2)3)7-6-14(17)4/h6-7,11,13,16,18-19H,5,8-10,12H2,1-4H3. The van der Waals surface area contributed by atoms with Gasteiger partial charge in [-0.1, -0.05) is 32.9 Å². The van der Waals surface area contributed by atoms with Gasteiger partial charge in [0.1, 0.15) is 12.4 Å². The van der Waals surface area contributed by atoms with Crippen molar-refractivity contribution in [1.29, 1.82) is 0 Å². The third kappa shape index (κ3) is 5.51. The SMILES string of the molecule is CCCNC(CCO)COc1cc(C(C)C)ccc1C. The topological polar surface area (TPSA) is 41.5 Å². The third-order valence-corrected chi connectivity index (χ3v) is 3.48. The van der Waals surface area contributed by atoms with E-state index >= 15 is 0 Å². The van der Waals surface area contributed by atoms with Crippen molar-refractivity contribution < 1.29 is 9.84 Å². The average Bonchev–Trinajstić information content (AvgIpc) is 2.43. The number of hydrogen-bond donors (Lipinski definition) is 2. The van der Waals surface area contributed by atoms with Crippen molar-refractivity contribution in [2.45, 2.75) is 52.5 Å². The monoisotopic (exact) mass is 279 g/mol. The predicted octanol–water partition coefficient (Wildman–Crippen LogP) is 3.25. The molecule has 1 aromatic carbocycles. The number of rotatable bonds is 9. The van der Waals surface area contributed by atoms with Crippen molar-refractivity contribution in [2.75, 3.05) is 19.8 Å². The summed E-state index contributed by atoms with van der Waals surface area (Å²) in [5.74, 6) is 1.46. The Kier molecular flexibility index (Phi) is 7.63. The summed E-state index contributed by atoms with van der Waals surface area (Å²) in [5.41, 5.74) is 2.46. The van der Waals surface area contributed by atoms with Crippen molar-refractivity contribution in [3.63, 3.8) is 0 Å². The van der Waals surface area contributed by atoms with Crippen molar-refractivity contribution in [2.24, 2.45) is 0 Å². The molecule has 20 heavy (non-hydrogen) atoms. The smallest absolute Gasteiger partial charge is 0.122 e. The van der Waals surface area contributed by atoms with E-state index in [0.29, 0.717) is 12.5 Å². The van der Waals surface area contributed by atoms with E-state index in [1.54, 1.807) is 0 Å². The van der Waals surface area contributed by atoms with Gasteiger partial charge < -0.3 is 15.2 Å². The number of aryl methyl sites for hydroxylation is 1. The first-order valence-corrected chi connectivity index (χ1v) is 7.66. The van der Waals surface area contributed by atoms with Crippen molar-refractivity contribution in [3.05, 3.63) is 29.3 Å². The number of hydrogen-bond acceptors (Lipinski definition) is 3. The maximum Gasteiger partial charge on any atom is 0.122 e. The molecule has 0 saturated heterocycles. The molecular formula is C17H29NO2. The number of aliphatic hydroxyl groups is 1. The summed E-state index contributed by atoms with van der Waals surface area (Å²) in [6.45, 7) is 10.3. The molecule has 0 aromatic heterocycles. The van der Waals surface area contributed by atoms with E-state index in [-0.39, 0.29) is 12.6 Å². The molecule has 0 amide bonds. The first kappa shape index (κ1) is 17.0. The third-order valence-electron chi connectivity index (χ3n) is 3.48. The fourth-order valence-corrected chi connectivity index (χ4v) is 2.07. The summed E-state index contributed by atoms with van der Waals surface area (Å²) < 4.78 is 5.97. The van der Waals surface area contributed by atoms with E-state index in [9.17, 15) is 0 Å². The molecule has 0 heterocycles. The molecule has 1 rings (SSSR count). The lowest BCUT2D eigenvalue weighted by Gasteiger charge is -2.19. The van der Waals surface area contributed by atoms with Gasteiger partial charge in [0, 0.05) is 12.6 Å². The Balaban J connectivity index is 2.64. The van der Waals surface area contributed by atoms with Crippen molar-refractivity contribution >= 4 is 0 Å². The highest BCUT2D eigenvalue weighted by molar-refractivity contribution is 5.37. The lowest BCUT2D eigenvalue weighted by Crippen LogP contribution is -2.36. The summed E-state index contributed by atoms with van der Waals surface area (Å²) in [7, 11) is 0. The van der Waals surface area contributed by atoms with Crippen LogP contribution in [0.2, 0.25) is 0 Å². The molecule has 0 spiro atoms. The fourth-order valence-electron chi connectivity index (χ4n) is 2.07. The van der Waals surface area contributed by atoms with E-state index in [1.165, 1.54) is 5.56 Å². The van der Waals surface area contributed by atoms with E-state index in [2.05, 4.69) is 51.2 Å². The maximum atomic E-state index is 9.11. The Morgan fingerprint density at radius 1 is 1.30 bits per heavy atom. The summed E-state index contributed by atoms with van der Waals surface area (Å²) >= 11 is 0. The van der Waals surface area contributed by atoms with E-state index < -0.39 is 0 Å². The normalized spacial score (nSPS) is 12.7. The average molecular weight is 279 g/mol. The largest absolute Gasteiger partial charge is 0.492 e. The predicted molar refractivity (Wildman–Crippen MR) is 84.5 cm³/mol. The molecule has 0 aliphatic heterocycles. The number of ether oxygens (including phenoxy) is 1. The summed E-state index contributed by atoms with van der Waals surface area (Å²) in [6, 6.07) is 6.62. The second-order valence-electron chi connectivity index (χ2n) is 5.65. The van der Waals surface area contributed by atoms with Gasteiger partial charge in [0.05, 0.1) is 0 Å². The maximum absolute atomic E-state index is 9.11. The van der Waals surface area contributed by atoms with Gasteiger partial charge in [-0.05, 0) is 49.4 Å². The van der Waals surface area contributed by atoms with Crippen LogP contribution >= 0.6 is 0 Å². The summed E-state index contributed by atoms with van der Waals surface area (Å²) in [5, 5.41) is 12.5. The highest BCUT2D eigenvalue weighted by atomic mass is 16.5. The number of benzene rings is 1. The Morgan fingerprint density at radius 3 is 2.65 bits per heavy atom. The molecule has 0 radical (unpaired) electrons. The molecule has 3 heteroatoms. The molecule has 0 saturated carbocycles. The van der Waals surface area contributed by atoms with Crippen LogP contribution in [0.25, 0.3) is 0 Å². The highest BCUT2D eigenvalue weighted by Crippen LogP contribution is 2.24. The Labute approximate surface area is 123 Å². The molecule has 1 unspecified atom stereocenters. The molecule has 0 aliphatic carbocycles. The minimum Gasteiger partial charge on any atom is -0.492 e. The molecular weight excluding hydrogens is 250 g/mol. The second-order valence-corrected chi connectivity index (χ2v) is 5.65. The molecule has 0 fully saturated rings. The molecule has 0 bridgehead atoms. The van der Waals surface area contributed by atoms with E-state index in [0.717, 1.165) is 30.7 Å². The van der Waals surface area contributed by atoms with Crippen LogP contribution in [0.5, 0.6) is 5.75 Å². The Hall–Kier alpha value is -1.06. The Morgan fingerprint density at radius 2 is 2.05 bits per heavy atom. The van der Waals surface area contributed by atoms with Gasteiger partial charge in [-0.25, -0.2) is 0 Å². The zero-order valence-corrected chi connectivity index (χ0v) is 13.3. The van der Waals surface area contributed by atoms with Crippen LogP contribution in [0.1, 0.15) is 50.7 Å². The lowest BCUT2D eigenvalue weighted by molar-refractivity contribution is 0.213. The Bertz CT molecular complexity index is 391.